The third kappa shape index (κ3) is 5.37. The largest absolute Gasteiger partial charge is 0.296 e. The highest BCUT2D eigenvalue weighted by atomic mass is 32.2. The molecule has 1 aromatic carbocycles. The summed E-state index contributed by atoms with van der Waals surface area (Å²) in [5, 5.41) is 12.2. The molecule has 1 aromatic heterocycles. The molecule has 33 heavy (non-hydrogen) atoms. The number of carbonyl (C=O) groups excluding carboxylic acids is 1. The zero-order chi connectivity index (χ0) is 23.4. The first-order chi connectivity index (χ1) is 15.8. The highest BCUT2D eigenvalue weighted by molar-refractivity contribution is 7.86. The molecule has 0 radical (unpaired) electrons. The second-order valence-electron chi connectivity index (χ2n) is 8.26. The summed E-state index contributed by atoms with van der Waals surface area (Å²) in [5.41, 5.74) is 0.617. The molecule has 1 saturated carbocycles. The Morgan fingerprint density at radius 1 is 1.12 bits per heavy atom. The van der Waals surface area contributed by atoms with Gasteiger partial charge in [0.1, 0.15) is 6.04 Å². The average Bonchev–Trinajstić information content (AvgIpc) is 3.33. The van der Waals surface area contributed by atoms with Gasteiger partial charge in [0.05, 0.1) is 28.7 Å². The molecular formula is C22H25N3O7S. The van der Waals surface area contributed by atoms with Crippen LogP contribution in [0.2, 0.25) is 0 Å². The van der Waals surface area contributed by atoms with Crippen molar-refractivity contribution in [2.24, 2.45) is 11.8 Å². The number of nitro benzene ring substituents is 1. The van der Waals surface area contributed by atoms with Gasteiger partial charge in [-0.3, -0.25) is 28.9 Å². The monoisotopic (exact) mass is 475 g/mol. The van der Waals surface area contributed by atoms with Gasteiger partial charge in [-0.2, -0.15) is 8.42 Å². The summed E-state index contributed by atoms with van der Waals surface area (Å²) in [6.07, 6.45) is 4.97. The van der Waals surface area contributed by atoms with Crippen LogP contribution < -0.4 is 0 Å². The maximum Gasteiger partial charge on any atom is 0.296 e. The van der Waals surface area contributed by atoms with Crippen molar-refractivity contribution in [1.29, 1.82) is 0 Å². The van der Waals surface area contributed by atoms with Crippen LogP contribution in [0.4, 0.5) is 5.69 Å². The summed E-state index contributed by atoms with van der Waals surface area (Å²) < 4.78 is 30.0. The number of hydrogen-bond acceptors (Lipinski definition) is 8. The fourth-order valence-corrected chi connectivity index (χ4v) is 5.25. The van der Waals surface area contributed by atoms with Crippen LogP contribution in [-0.4, -0.2) is 42.5 Å². The molecule has 10 nitrogen and oxygen atoms in total. The molecule has 0 spiro atoms. The Morgan fingerprint density at radius 3 is 2.48 bits per heavy atom. The van der Waals surface area contributed by atoms with Crippen LogP contribution in [0.15, 0.2) is 53.6 Å². The zero-order valence-corrected chi connectivity index (χ0v) is 18.7. The Morgan fingerprint density at radius 2 is 1.85 bits per heavy atom. The molecule has 11 heteroatoms. The average molecular weight is 476 g/mol. The van der Waals surface area contributed by atoms with Crippen molar-refractivity contribution >= 4 is 21.7 Å². The smallest absolute Gasteiger partial charge is 0.272 e. The number of pyridine rings is 1. The molecule has 2 heterocycles. The fraction of sp³-hybridized carbons (Fsp3) is 0.455. The van der Waals surface area contributed by atoms with Crippen LogP contribution >= 0.6 is 0 Å². The number of non-ortho nitro benzene ring substituents is 1. The number of hydrogen-bond donors (Lipinski definition) is 0. The van der Waals surface area contributed by atoms with E-state index in [4.69, 9.17) is 9.02 Å². The molecule has 0 unspecified atom stereocenters. The number of amides is 1. The first-order valence-electron chi connectivity index (χ1n) is 10.9. The Kier molecular flexibility index (Phi) is 7.01. The first kappa shape index (κ1) is 23.3. The number of nitrogens with zero attached hydrogens (tertiary/aromatic N) is 3. The standard InChI is InChI=1S/C22H25N3O7S/c26-22(24-21(12-14-31-24)20-3-1-2-13-23-20)17-6-4-16(5-7-17)15-32-33(29,30)19-10-8-18(9-11-19)25(27)28/h1-3,8-11,13,16-17,21H,4-7,12,14-15H2/t16?,17?,21-/m0/s1. The maximum atomic E-state index is 13.1. The van der Waals surface area contributed by atoms with Gasteiger partial charge in [0.2, 0.25) is 5.91 Å². The number of benzene rings is 1. The van der Waals surface area contributed by atoms with Crippen LogP contribution in [0.5, 0.6) is 0 Å². The van der Waals surface area contributed by atoms with E-state index in [0.717, 1.165) is 30.0 Å². The van der Waals surface area contributed by atoms with Gasteiger partial charge in [-0.15, -0.1) is 0 Å². The topological polar surface area (TPSA) is 129 Å². The lowest BCUT2D eigenvalue weighted by molar-refractivity contribution is -0.384. The molecule has 1 atom stereocenters. The minimum absolute atomic E-state index is 0.00737. The maximum absolute atomic E-state index is 13.1. The van der Waals surface area contributed by atoms with E-state index >= 15 is 0 Å². The van der Waals surface area contributed by atoms with E-state index in [-0.39, 0.29) is 41.0 Å². The Labute approximate surface area is 191 Å². The van der Waals surface area contributed by atoms with Gasteiger partial charge in [0.15, 0.2) is 0 Å². The van der Waals surface area contributed by atoms with Crippen molar-refractivity contribution < 1.29 is 27.2 Å². The Balaban J connectivity index is 1.29. The van der Waals surface area contributed by atoms with Gasteiger partial charge in [0.25, 0.3) is 15.8 Å². The summed E-state index contributed by atoms with van der Waals surface area (Å²) >= 11 is 0. The number of aromatic nitrogens is 1. The van der Waals surface area contributed by atoms with Crippen LogP contribution in [0.3, 0.4) is 0 Å². The lowest BCUT2D eigenvalue weighted by Crippen LogP contribution is -2.37. The van der Waals surface area contributed by atoms with Gasteiger partial charge in [-0.05, 0) is 55.9 Å². The quantitative estimate of drug-likeness (QED) is 0.338. The minimum Gasteiger partial charge on any atom is -0.272 e. The van der Waals surface area contributed by atoms with Gasteiger partial charge in [-0.25, -0.2) is 5.06 Å². The van der Waals surface area contributed by atoms with E-state index in [1.807, 2.05) is 18.2 Å². The highest BCUT2D eigenvalue weighted by Gasteiger charge is 2.38. The second kappa shape index (κ2) is 9.94. The van der Waals surface area contributed by atoms with Crippen molar-refractivity contribution in [1.82, 2.24) is 10.0 Å². The zero-order valence-electron chi connectivity index (χ0n) is 17.9. The summed E-state index contributed by atoms with van der Waals surface area (Å²) in [6, 6.07) is 10.0. The van der Waals surface area contributed by atoms with Crippen LogP contribution in [0, 0.1) is 22.0 Å². The van der Waals surface area contributed by atoms with Crippen molar-refractivity contribution in [3.05, 3.63) is 64.5 Å². The number of rotatable bonds is 7. The van der Waals surface area contributed by atoms with Gasteiger partial charge in [-0.1, -0.05) is 6.07 Å². The third-order valence-corrected chi connectivity index (χ3v) is 7.44. The van der Waals surface area contributed by atoms with Crippen molar-refractivity contribution in [2.45, 2.75) is 43.0 Å². The van der Waals surface area contributed by atoms with Crippen LogP contribution in [0.25, 0.3) is 0 Å². The summed E-state index contributed by atoms with van der Waals surface area (Å²) in [4.78, 5) is 33.1. The van der Waals surface area contributed by atoms with E-state index in [0.29, 0.717) is 38.7 Å². The lowest BCUT2D eigenvalue weighted by atomic mass is 9.82. The predicted octanol–water partition coefficient (Wildman–Crippen LogP) is 3.41. The van der Waals surface area contributed by atoms with E-state index in [9.17, 15) is 23.3 Å². The molecular weight excluding hydrogens is 450 g/mol. The first-order valence-corrected chi connectivity index (χ1v) is 12.3. The van der Waals surface area contributed by atoms with Crippen LogP contribution in [-0.2, 0) is 23.9 Å². The molecule has 1 aliphatic heterocycles. The number of carbonyl (C=O) groups is 1. The molecule has 1 aliphatic carbocycles. The van der Waals surface area contributed by atoms with E-state index in [1.54, 1.807) is 6.20 Å². The third-order valence-electron chi connectivity index (χ3n) is 6.14. The minimum atomic E-state index is -4.01. The fourth-order valence-electron chi connectivity index (χ4n) is 4.27. The SMILES string of the molecule is O=C(C1CCC(COS(=O)(=O)c2ccc([N+](=O)[O-])cc2)CC1)N1OCC[C@H]1c1ccccn1. The predicted molar refractivity (Wildman–Crippen MR) is 116 cm³/mol. The molecule has 1 amide bonds. The van der Waals surface area contributed by atoms with E-state index in [2.05, 4.69) is 4.98 Å². The van der Waals surface area contributed by atoms with Gasteiger partial charge < -0.3 is 0 Å². The molecule has 0 bridgehead atoms. The van der Waals surface area contributed by atoms with E-state index in [1.165, 1.54) is 5.06 Å². The van der Waals surface area contributed by atoms with Crippen molar-refractivity contribution in [3.63, 3.8) is 0 Å². The molecule has 0 N–H and O–H groups in total. The van der Waals surface area contributed by atoms with Gasteiger partial charge in [0, 0.05) is 30.7 Å². The number of hydroxylamine groups is 2. The summed E-state index contributed by atoms with van der Waals surface area (Å²) in [6.45, 7) is 0.480. The molecule has 176 valence electrons. The molecule has 1 saturated heterocycles. The lowest BCUT2D eigenvalue weighted by Gasteiger charge is -2.31. The summed E-state index contributed by atoms with van der Waals surface area (Å²) in [5.74, 6) is -0.231. The highest BCUT2D eigenvalue weighted by Crippen LogP contribution is 2.36. The van der Waals surface area contributed by atoms with Gasteiger partial charge >= 0.3 is 0 Å². The van der Waals surface area contributed by atoms with Crippen molar-refractivity contribution in [3.8, 4) is 0 Å². The van der Waals surface area contributed by atoms with Crippen LogP contribution in [0.1, 0.15) is 43.8 Å². The molecule has 2 aliphatic rings. The Bertz CT molecular complexity index is 1080. The van der Waals surface area contributed by atoms with E-state index < -0.39 is 15.0 Å². The molecule has 2 aromatic rings. The normalized spacial score (nSPS) is 23.4. The second-order valence-corrected chi connectivity index (χ2v) is 9.88. The molecule has 2 fully saturated rings. The van der Waals surface area contributed by atoms with Crippen molar-refractivity contribution in [2.75, 3.05) is 13.2 Å². The Hall–Kier alpha value is -2.89. The number of nitro groups is 1. The molecule has 4 rings (SSSR count). The summed E-state index contributed by atoms with van der Waals surface area (Å²) in [7, 11) is -4.01.